The maximum Gasteiger partial charge on any atom is 0.208 e. The molecule has 0 spiro atoms. The van der Waals surface area contributed by atoms with Crippen molar-refractivity contribution in [3.63, 3.8) is 0 Å². The minimum Gasteiger partial charge on any atom is -0.492 e. The van der Waals surface area contributed by atoms with E-state index >= 15 is 0 Å². The number of aromatic nitrogens is 4. The number of nitrogens with one attached hydrogen (secondary N) is 1. The average Bonchev–Trinajstić information content (AvgIpc) is 3.23. The van der Waals surface area contributed by atoms with E-state index in [1.54, 1.807) is 6.33 Å². The van der Waals surface area contributed by atoms with E-state index in [0.29, 0.717) is 13.2 Å². The van der Waals surface area contributed by atoms with Gasteiger partial charge in [0, 0.05) is 19.1 Å². The lowest BCUT2D eigenvalue weighted by Crippen LogP contribution is -2.32. The number of hydrogen-bond acceptors (Lipinski definition) is 6. The Morgan fingerprint density at radius 1 is 1.00 bits per heavy atom. The van der Waals surface area contributed by atoms with Crippen LogP contribution in [-0.4, -0.2) is 39.2 Å². The Balaban J connectivity index is 1.39. The highest BCUT2D eigenvalue weighted by atomic mass is 16.5. The molecule has 0 unspecified atom stereocenters. The van der Waals surface area contributed by atoms with Gasteiger partial charge in [-0.15, -0.1) is 0 Å². The highest BCUT2D eigenvalue weighted by Gasteiger charge is 2.25. The average molecular weight is 429 g/mol. The summed E-state index contributed by atoms with van der Waals surface area (Å²) in [5, 5.41) is 3.39. The molecule has 0 amide bonds. The number of para-hydroxylation sites is 1. The van der Waals surface area contributed by atoms with Crippen LogP contribution in [0.3, 0.4) is 0 Å². The summed E-state index contributed by atoms with van der Waals surface area (Å²) in [7, 11) is 0. The third-order valence-corrected chi connectivity index (χ3v) is 5.79. The van der Waals surface area contributed by atoms with Crippen LogP contribution in [0, 0.1) is 0 Å². The van der Waals surface area contributed by atoms with E-state index in [4.69, 9.17) is 9.72 Å². The van der Waals surface area contributed by atoms with Crippen LogP contribution in [-0.2, 0) is 13.0 Å². The van der Waals surface area contributed by atoms with Crippen molar-refractivity contribution in [3.8, 4) is 5.75 Å². The summed E-state index contributed by atoms with van der Waals surface area (Å²) in [6.07, 6.45) is 2.63. The van der Waals surface area contributed by atoms with E-state index < -0.39 is 0 Å². The fourth-order valence-corrected chi connectivity index (χ4v) is 4.25. The molecule has 0 radical (unpaired) electrons. The first-order valence-corrected chi connectivity index (χ1v) is 11.2. The molecule has 0 aliphatic carbocycles. The molecule has 7 nitrogen and oxygen atoms in total. The van der Waals surface area contributed by atoms with Crippen LogP contribution in [0.15, 0.2) is 60.9 Å². The number of rotatable bonds is 7. The summed E-state index contributed by atoms with van der Waals surface area (Å²) in [6, 6.07) is 18.7. The zero-order valence-corrected chi connectivity index (χ0v) is 18.5. The van der Waals surface area contributed by atoms with Gasteiger partial charge in [0.1, 0.15) is 18.7 Å². The number of benzene rings is 2. The summed E-state index contributed by atoms with van der Waals surface area (Å²) in [6.45, 7) is 7.30. The molecule has 5 rings (SSSR count). The minimum absolute atomic E-state index is 0.233. The SMILES string of the molecule is CC(C)n1c(N2CCc3ccccc3C2)nc2c(NCCOc3ccccc3)ncnc21. The fourth-order valence-electron chi connectivity index (χ4n) is 4.25. The van der Waals surface area contributed by atoms with Crippen LogP contribution < -0.4 is 15.0 Å². The molecule has 2 aromatic carbocycles. The molecular formula is C25H28N6O. The van der Waals surface area contributed by atoms with Crippen LogP contribution in [0.2, 0.25) is 0 Å². The summed E-state index contributed by atoms with van der Waals surface area (Å²) < 4.78 is 8.01. The molecule has 0 atom stereocenters. The van der Waals surface area contributed by atoms with E-state index in [9.17, 15) is 0 Å². The Hall–Kier alpha value is -3.61. The van der Waals surface area contributed by atoms with Gasteiger partial charge in [-0.2, -0.15) is 0 Å². The van der Waals surface area contributed by atoms with Crippen molar-refractivity contribution in [2.75, 3.05) is 29.9 Å². The van der Waals surface area contributed by atoms with E-state index in [1.807, 2.05) is 30.3 Å². The van der Waals surface area contributed by atoms with Gasteiger partial charge < -0.3 is 15.0 Å². The number of fused-ring (bicyclic) bond motifs is 2. The Labute approximate surface area is 188 Å². The van der Waals surface area contributed by atoms with E-state index in [-0.39, 0.29) is 6.04 Å². The van der Waals surface area contributed by atoms with Crippen molar-refractivity contribution in [2.24, 2.45) is 0 Å². The third kappa shape index (κ3) is 3.98. The fraction of sp³-hybridized carbons (Fsp3) is 0.320. The quantitative estimate of drug-likeness (QED) is 0.438. The number of imidazole rings is 1. The molecule has 0 fully saturated rings. The van der Waals surface area contributed by atoms with Gasteiger partial charge in [0.05, 0.1) is 6.54 Å². The molecule has 2 aromatic heterocycles. The molecule has 0 bridgehead atoms. The van der Waals surface area contributed by atoms with Crippen LogP contribution >= 0.6 is 0 Å². The monoisotopic (exact) mass is 428 g/mol. The molecule has 32 heavy (non-hydrogen) atoms. The molecule has 0 saturated heterocycles. The van der Waals surface area contributed by atoms with Gasteiger partial charge in [0.25, 0.3) is 0 Å². The van der Waals surface area contributed by atoms with E-state index in [2.05, 4.69) is 62.9 Å². The van der Waals surface area contributed by atoms with Crippen LogP contribution in [0.5, 0.6) is 5.75 Å². The third-order valence-electron chi connectivity index (χ3n) is 5.79. The van der Waals surface area contributed by atoms with E-state index in [1.165, 1.54) is 11.1 Å². The second-order valence-corrected chi connectivity index (χ2v) is 8.30. The normalized spacial score (nSPS) is 13.4. The van der Waals surface area contributed by atoms with E-state index in [0.717, 1.165) is 48.2 Å². The summed E-state index contributed by atoms with van der Waals surface area (Å²) >= 11 is 0. The molecule has 1 aliphatic heterocycles. The lowest BCUT2D eigenvalue weighted by molar-refractivity contribution is 0.333. The lowest BCUT2D eigenvalue weighted by atomic mass is 10.0. The molecule has 1 aliphatic rings. The predicted molar refractivity (Wildman–Crippen MR) is 127 cm³/mol. The first kappa shape index (κ1) is 20.3. The van der Waals surface area contributed by atoms with Gasteiger partial charge in [-0.1, -0.05) is 42.5 Å². The minimum atomic E-state index is 0.233. The van der Waals surface area contributed by atoms with Crippen LogP contribution in [0.4, 0.5) is 11.8 Å². The van der Waals surface area contributed by atoms with Crippen LogP contribution in [0.1, 0.15) is 31.0 Å². The van der Waals surface area contributed by atoms with Crippen molar-refractivity contribution in [3.05, 3.63) is 72.1 Å². The first-order chi connectivity index (χ1) is 15.7. The number of ether oxygens (including phenoxy) is 1. The van der Waals surface area contributed by atoms with Gasteiger partial charge in [0.2, 0.25) is 5.95 Å². The largest absolute Gasteiger partial charge is 0.492 e. The molecule has 164 valence electrons. The van der Waals surface area contributed by atoms with Gasteiger partial charge in [0.15, 0.2) is 17.0 Å². The molecule has 3 heterocycles. The summed E-state index contributed by atoms with van der Waals surface area (Å²) in [5.74, 6) is 2.55. The molecule has 0 saturated carbocycles. The van der Waals surface area contributed by atoms with Crippen LogP contribution in [0.25, 0.3) is 11.2 Å². The predicted octanol–water partition coefficient (Wildman–Crippen LogP) is 4.46. The second kappa shape index (κ2) is 8.86. The Bertz CT molecular complexity index is 1200. The van der Waals surface area contributed by atoms with Gasteiger partial charge in [-0.05, 0) is 43.5 Å². The molecule has 4 aromatic rings. The van der Waals surface area contributed by atoms with Gasteiger partial charge >= 0.3 is 0 Å². The maximum atomic E-state index is 5.80. The second-order valence-electron chi connectivity index (χ2n) is 8.30. The number of nitrogens with zero attached hydrogens (tertiary/aromatic N) is 5. The standard InChI is InChI=1S/C25H28N6O/c1-18(2)31-24-22(29-25(31)30-14-12-19-8-6-7-9-20(19)16-30)23(27-17-28-24)26-13-15-32-21-10-4-3-5-11-21/h3-11,17-18H,12-16H2,1-2H3,(H,26,27,28). The van der Waals surface area contributed by atoms with Gasteiger partial charge in [-0.25, -0.2) is 15.0 Å². The number of hydrogen-bond donors (Lipinski definition) is 1. The Kier molecular flexibility index (Phi) is 5.62. The Morgan fingerprint density at radius 2 is 1.78 bits per heavy atom. The van der Waals surface area contributed by atoms with Crippen molar-refractivity contribution in [1.29, 1.82) is 0 Å². The van der Waals surface area contributed by atoms with Crippen molar-refractivity contribution in [1.82, 2.24) is 19.5 Å². The zero-order valence-electron chi connectivity index (χ0n) is 18.5. The highest BCUT2D eigenvalue weighted by molar-refractivity contribution is 5.85. The molecule has 7 heteroatoms. The molecular weight excluding hydrogens is 400 g/mol. The zero-order chi connectivity index (χ0) is 21.9. The topological polar surface area (TPSA) is 68.1 Å². The Morgan fingerprint density at radius 3 is 2.59 bits per heavy atom. The smallest absolute Gasteiger partial charge is 0.208 e. The number of anilines is 2. The summed E-state index contributed by atoms with van der Waals surface area (Å²) in [5.41, 5.74) is 4.45. The highest BCUT2D eigenvalue weighted by Crippen LogP contribution is 2.31. The van der Waals surface area contributed by atoms with Crippen molar-refractivity contribution < 1.29 is 4.74 Å². The van der Waals surface area contributed by atoms with Crippen molar-refractivity contribution >= 4 is 22.9 Å². The maximum absolute atomic E-state index is 5.80. The van der Waals surface area contributed by atoms with Gasteiger partial charge in [-0.3, -0.25) is 4.57 Å². The lowest BCUT2D eigenvalue weighted by Gasteiger charge is -2.30. The molecule has 1 N–H and O–H groups in total. The summed E-state index contributed by atoms with van der Waals surface area (Å²) in [4.78, 5) is 16.4. The van der Waals surface area contributed by atoms with Crippen molar-refractivity contribution in [2.45, 2.75) is 32.9 Å². The first-order valence-electron chi connectivity index (χ1n) is 11.2.